The number of rotatable bonds is 3. The van der Waals surface area contributed by atoms with Crippen molar-refractivity contribution in [3.05, 3.63) is 59.1 Å². The van der Waals surface area contributed by atoms with Crippen LogP contribution in [-0.2, 0) is 13.6 Å². The summed E-state index contributed by atoms with van der Waals surface area (Å²) in [6, 6.07) is 4.28. The molecule has 0 unspecified atom stereocenters. The number of hydrogen-bond acceptors (Lipinski definition) is 8. The van der Waals surface area contributed by atoms with Gasteiger partial charge in [0.2, 0.25) is 5.89 Å². The van der Waals surface area contributed by atoms with Crippen LogP contribution in [0.5, 0.6) is 0 Å². The van der Waals surface area contributed by atoms with Gasteiger partial charge in [0.15, 0.2) is 17.5 Å². The van der Waals surface area contributed by atoms with Crippen LogP contribution in [0.1, 0.15) is 17.9 Å². The third kappa shape index (κ3) is 3.56. The van der Waals surface area contributed by atoms with Gasteiger partial charge in [-0.05, 0) is 36.8 Å². The van der Waals surface area contributed by atoms with Crippen LogP contribution in [0, 0.1) is 18.8 Å². The Hall–Kier alpha value is -3.56. The monoisotopic (exact) mass is 406 g/mol. The molecule has 0 spiro atoms. The van der Waals surface area contributed by atoms with E-state index in [1.165, 1.54) is 42.3 Å². The number of nitrogens with zero attached hydrogens (tertiary/aromatic N) is 8. The van der Waals surface area contributed by atoms with E-state index in [4.69, 9.17) is 4.52 Å². The van der Waals surface area contributed by atoms with Gasteiger partial charge in [-0.3, -0.25) is 9.36 Å². The minimum atomic E-state index is -0.187. The molecule has 0 aromatic carbocycles. The molecule has 0 bridgehead atoms. The second-order valence-electron chi connectivity index (χ2n) is 7.89. The SMILES string of the molecule is Cc1ccc(N2C[C@H]3C[C@H]3C2)nc1.Cn1cnc2ncn(Cc3ncno3)c(=O)c21. The summed E-state index contributed by atoms with van der Waals surface area (Å²) in [4.78, 5) is 30.9. The lowest BCUT2D eigenvalue weighted by Gasteiger charge is -2.18. The number of aryl methyl sites for hydroxylation is 2. The van der Waals surface area contributed by atoms with E-state index in [1.807, 2.05) is 6.20 Å². The van der Waals surface area contributed by atoms with Gasteiger partial charge in [-0.15, -0.1) is 0 Å². The maximum absolute atomic E-state index is 12.1. The molecule has 0 amide bonds. The Labute approximate surface area is 172 Å². The summed E-state index contributed by atoms with van der Waals surface area (Å²) in [5.41, 5.74) is 1.94. The van der Waals surface area contributed by atoms with Crippen LogP contribution in [0.25, 0.3) is 11.2 Å². The number of piperidine rings is 1. The fourth-order valence-electron chi connectivity index (χ4n) is 3.83. The van der Waals surface area contributed by atoms with Crippen molar-refractivity contribution in [1.82, 2.24) is 34.2 Å². The van der Waals surface area contributed by atoms with E-state index in [9.17, 15) is 4.79 Å². The van der Waals surface area contributed by atoms with Crippen molar-refractivity contribution in [3.63, 3.8) is 0 Å². The molecular formula is C20H22N8O2. The van der Waals surface area contributed by atoms with E-state index in [0.717, 1.165) is 17.7 Å². The summed E-state index contributed by atoms with van der Waals surface area (Å²) < 4.78 is 7.88. The van der Waals surface area contributed by atoms with E-state index in [-0.39, 0.29) is 12.1 Å². The van der Waals surface area contributed by atoms with Crippen LogP contribution in [0.15, 0.2) is 46.6 Å². The smallest absolute Gasteiger partial charge is 0.280 e. The van der Waals surface area contributed by atoms with Crippen LogP contribution in [-0.4, -0.2) is 47.3 Å². The average Bonchev–Trinajstić information content (AvgIpc) is 3.14. The second-order valence-corrected chi connectivity index (χ2v) is 7.89. The molecule has 4 aromatic rings. The molecule has 1 saturated heterocycles. The van der Waals surface area contributed by atoms with Crippen molar-refractivity contribution in [1.29, 1.82) is 0 Å². The molecule has 6 rings (SSSR count). The van der Waals surface area contributed by atoms with Crippen molar-refractivity contribution >= 4 is 17.0 Å². The lowest BCUT2D eigenvalue weighted by Crippen LogP contribution is -2.22. The number of fused-ring (bicyclic) bond motifs is 2. The molecule has 2 aliphatic rings. The highest BCUT2D eigenvalue weighted by atomic mass is 16.5. The minimum absolute atomic E-state index is 0.187. The molecule has 10 nitrogen and oxygen atoms in total. The first kappa shape index (κ1) is 18.5. The van der Waals surface area contributed by atoms with Crippen molar-refractivity contribution in [2.75, 3.05) is 18.0 Å². The third-order valence-corrected chi connectivity index (χ3v) is 5.61. The van der Waals surface area contributed by atoms with E-state index in [0.29, 0.717) is 17.1 Å². The third-order valence-electron chi connectivity index (χ3n) is 5.61. The summed E-state index contributed by atoms with van der Waals surface area (Å²) in [5.74, 6) is 3.50. The second kappa shape index (κ2) is 7.36. The molecule has 0 radical (unpaired) electrons. The quantitative estimate of drug-likeness (QED) is 0.503. The van der Waals surface area contributed by atoms with Gasteiger partial charge in [0.05, 0.1) is 6.33 Å². The Balaban J connectivity index is 0.000000133. The fraction of sp³-hybridized carbons (Fsp3) is 0.400. The van der Waals surface area contributed by atoms with Gasteiger partial charge >= 0.3 is 0 Å². The predicted molar refractivity (Wildman–Crippen MR) is 109 cm³/mol. The van der Waals surface area contributed by atoms with Gasteiger partial charge in [-0.1, -0.05) is 11.2 Å². The molecule has 2 fully saturated rings. The van der Waals surface area contributed by atoms with Gasteiger partial charge in [-0.2, -0.15) is 4.98 Å². The van der Waals surface area contributed by atoms with Crippen LogP contribution in [0.2, 0.25) is 0 Å². The minimum Gasteiger partial charge on any atom is -0.356 e. The maximum atomic E-state index is 12.1. The molecule has 1 aliphatic heterocycles. The van der Waals surface area contributed by atoms with Crippen molar-refractivity contribution in [2.24, 2.45) is 18.9 Å². The molecule has 2 atom stereocenters. The molecule has 0 N–H and O–H groups in total. The Bertz CT molecular complexity index is 1200. The molecule has 30 heavy (non-hydrogen) atoms. The van der Waals surface area contributed by atoms with Crippen LogP contribution in [0.4, 0.5) is 5.82 Å². The normalized spacial score (nSPS) is 19.5. The molecule has 10 heteroatoms. The van der Waals surface area contributed by atoms with Crippen molar-refractivity contribution in [2.45, 2.75) is 19.9 Å². The van der Waals surface area contributed by atoms with E-state index in [2.05, 4.69) is 49.0 Å². The van der Waals surface area contributed by atoms with Gasteiger partial charge in [0.1, 0.15) is 18.7 Å². The first-order valence-corrected chi connectivity index (χ1v) is 9.88. The van der Waals surface area contributed by atoms with Crippen molar-refractivity contribution in [3.8, 4) is 0 Å². The summed E-state index contributed by atoms with van der Waals surface area (Å²) in [5, 5.41) is 3.48. The van der Waals surface area contributed by atoms with E-state index in [1.54, 1.807) is 17.9 Å². The lowest BCUT2D eigenvalue weighted by atomic mass is 10.3. The highest BCUT2D eigenvalue weighted by Crippen LogP contribution is 2.45. The summed E-state index contributed by atoms with van der Waals surface area (Å²) in [7, 11) is 1.75. The predicted octanol–water partition coefficient (Wildman–Crippen LogP) is 1.41. The standard InChI is InChI=1S/C11H14N2.C9H8N6O2/c1-8-2-3-11(12-5-8)13-6-9-4-10(9)7-13;1-14-4-11-8-7(14)9(16)15(5-12-8)2-6-10-3-13-17-6/h2-3,5,9-10H,4,6-7H2,1H3;3-5H,2H2,1H3/t9-,10+;. The van der Waals surface area contributed by atoms with Crippen LogP contribution in [0.3, 0.4) is 0 Å². The highest BCUT2D eigenvalue weighted by molar-refractivity contribution is 5.68. The largest absolute Gasteiger partial charge is 0.356 e. The highest BCUT2D eigenvalue weighted by Gasteiger charge is 2.45. The van der Waals surface area contributed by atoms with Crippen LogP contribution < -0.4 is 10.5 Å². The lowest BCUT2D eigenvalue weighted by molar-refractivity contribution is 0.368. The number of anilines is 1. The van der Waals surface area contributed by atoms with Gasteiger partial charge < -0.3 is 14.0 Å². The Morgan fingerprint density at radius 2 is 1.90 bits per heavy atom. The summed E-state index contributed by atoms with van der Waals surface area (Å²) in [6.45, 7) is 4.76. The first-order valence-electron chi connectivity index (χ1n) is 9.88. The molecule has 1 saturated carbocycles. The topological polar surface area (TPSA) is 108 Å². The zero-order valence-electron chi connectivity index (χ0n) is 16.8. The first-order chi connectivity index (χ1) is 14.6. The van der Waals surface area contributed by atoms with Crippen molar-refractivity contribution < 1.29 is 4.52 Å². The maximum Gasteiger partial charge on any atom is 0.280 e. The number of imidazole rings is 1. The average molecular weight is 406 g/mol. The number of pyridine rings is 1. The summed E-state index contributed by atoms with van der Waals surface area (Å²) in [6.07, 6.45) is 7.68. The van der Waals surface area contributed by atoms with E-state index >= 15 is 0 Å². The fourth-order valence-corrected chi connectivity index (χ4v) is 3.83. The Morgan fingerprint density at radius 3 is 2.60 bits per heavy atom. The molecular weight excluding hydrogens is 384 g/mol. The zero-order chi connectivity index (χ0) is 20.7. The summed E-state index contributed by atoms with van der Waals surface area (Å²) >= 11 is 0. The number of hydrogen-bond donors (Lipinski definition) is 0. The molecule has 4 aromatic heterocycles. The molecule has 5 heterocycles. The molecule has 1 aliphatic carbocycles. The van der Waals surface area contributed by atoms with Gasteiger partial charge in [0, 0.05) is 26.3 Å². The number of aromatic nitrogens is 7. The van der Waals surface area contributed by atoms with Gasteiger partial charge in [0.25, 0.3) is 5.56 Å². The van der Waals surface area contributed by atoms with E-state index < -0.39 is 0 Å². The Morgan fingerprint density at radius 1 is 1.10 bits per heavy atom. The molecule has 154 valence electrons. The van der Waals surface area contributed by atoms with Crippen LogP contribution >= 0.6 is 0 Å². The van der Waals surface area contributed by atoms with Gasteiger partial charge in [-0.25, -0.2) is 15.0 Å². The Kier molecular flexibility index (Phi) is 4.53. The zero-order valence-corrected chi connectivity index (χ0v) is 16.8.